The lowest BCUT2D eigenvalue weighted by Gasteiger charge is -2.34. The minimum Gasteiger partial charge on any atom is -0.493 e. The predicted molar refractivity (Wildman–Crippen MR) is 143 cm³/mol. The molecule has 1 aliphatic rings. The number of aliphatic imine (C=N–C) groups is 1. The monoisotopic (exact) mass is 569 g/mol. The zero-order chi connectivity index (χ0) is 22.6. The molecule has 2 heterocycles. The third-order valence-electron chi connectivity index (χ3n) is 5.33. The lowest BCUT2D eigenvalue weighted by molar-refractivity contribution is 0.213. The van der Waals surface area contributed by atoms with Crippen molar-refractivity contribution in [1.82, 2.24) is 25.5 Å². The molecule has 1 unspecified atom stereocenters. The molecule has 0 saturated carbocycles. The van der Waals surface area contributed by atoms with Gasteiger partial charge in [0.15, 0.2) is 17.5 Å². The molecule has 1 aromatic heterocycles. The summed E-state index contributed by atoms with van der Waals surface area (Å²) in [5.41, 5.74) is 0. The first kappa shape index (κ1) is 26.9. The van der Waals surface area contributed by atoms with Gasteiger partial charge in [0.05, 0.1) is 13.7 Å². The van der Waals surface area contributed by atoms with Crippen molar-refractivity contribution in [2.45, 2.75) is 19.4 Å². The zero-order valence-electron chi connectivity index (χ0n) is 19.7. The first-order chi connectivity index (χ1) is 15.7. The number of rotatable bonds is 10. The standard InChI is InChI=1S/C23H35N7O2.HI/c1-19(32-21-9-5-4-8-20(21)31-3)18-28-22(24-2)25-12-7-13-29-14-16-30(17-15-29)23-26-10-6-11-27-23;/h4-6,8-11,19H,7,12-18H2,1-3H3,(H2,24,25,28);1H. The molecular formula is C23H36IN7O2. The predicted octanol–water partition coefficient (Wildman–Crippen LogP) is 2.25. The van der Waals surface area contributed by atoms with Gasteiger partial charge < -0.3 is 25.0 Å². The maximum absolute atomic E-state index is 5.99. The van der Waals surface area contributed by atoms with Gasteiger partial charge in [-0.25, -0.2) is 9.97 Å². The number of methoxy groups -OCH3 is 1. The van der Waals surface area contributed by atoms with Gasteiger partial charge in [-0.1, -0.05) is 12.1 Å². The van der Waals surface area contributed by atoms with E-state index in [2.05, 4.69) is 35.4 Å². The average Bonchev–Trinajstić information content (AvgIpc) is 2.85. The third-order valence-corrected chi connectivity index (χ3v) is 5.33. The SMILES string of the molecule is CN=C(NCCCN1CCN(c2ncccn2)CC1)NCC(C)Oc1ccccc1OC.I. The highest BCUT2D eigenvalue weighted by atomic mass is 127. The molecule has 10 heteroatoms. The first-order valence-corrected chi connectivity index (χ1v) is 11.2. The van der Waals surface area contributed by atoms with E-state index in [0.29, 0.717) is 6.54 Å². The molecule has 0 spiro atoms. The summed E-state index contributed by atoms with van der Waals surface area (Å²) in [6.07, 6.45) is 4.62. The fourth-order valence-electron chi connectivity index (χ4n) is 3.57. The molecule has 3 rings (SSSR count). The number of anilines is 1. The van der Waals surface area contributed by atoms with E-state index in [9.17, 15) is 0 Å². The van der Waals surface area contributed by atoms with Gasteiger partial charge >= 0.3 is 0 Å². The van der Waals surface area contributed by atoms with Gasteiger partial charge in [-0.05, 0) is 38.1 Å². The van der Waals surface area contributed by atoms with E-state index in [1.165, 1.54) is 0 Å². The van der Waals surface area contributed by atoms with Crippen LogP contribution in [0.5, 0.6) is 11.5 Å². The van der Waals surface area contributed by atoms with Crippen molar-refractivity contribution in [3.63, 3.8) is 0 Å². The molecule has 2 N–H and O–H groups in total. The number of aromatic nitrogens is 2. The second-order valence-electron chi connectivity index (χ2n) is 7.69. The third kappa shape index (κ3) is 8.84. The molecule has 0 bridgehead atoms. The van der Waals surface area contributed by atoms with Crippen LogP contribution in [-0.2, 0) is 0 Å². The quantitative estimate of drug-likeness (QED) is 0.195. The van der Waals surface area contributed by atoms with E-state index in [1.54, 1.807) is 26.6 Å². The van der Waals surface area contributed by atoms with Gasteiger partial charge in [-0.15, -0.1) is 24.0 Å². The van der Waals surface area contributed by atoms with Crippen LogP contribution in [0.25, 0.3) is 0 Å². The van der Waals surface area contributed by atoms with E-state index in [4.69, 9.17) is 9.47 Å². The highest BCUT2D eigenvalue weighted by Crippen LogP contribution is 2.26. The Kier molecular flexibility index (Phi) is 12.0. The molecule has 182 valence electrons. The molecule has 9 nitrogen and oxygen atoms in total. The van der Waals surface area contributed by atoms with E-state index >= 15 is 0 Å². The Bertz CT molecular complexity index is 833. The highest BCUT2D eigenvalue weighted by Gasteiger charge is 2.18. The Morgan fingerprint density at radius 1 is 1.06 bits per heavy atom. The molecule has 1 aliphatic heterocycles. The van der Waals surface area contributed by atoms with Gasteiger partial charge in [0, 0.05) is 52.2 Å². The maximum atomic E-state index is 5.99. The number of nitrogens with zero attached hydrogens (tertiary/aromatic N) is 5. The number of hydrogen-bond acceptors (Lipinski definition) is 7. The normalized spacial score (nSPS) is 15.4. The van der Waals surface area contributed by atoms with Crippen LogP contribution < -0.4 is 25.0 Å². The summed E-state index contributed by atoms with van der Waals surface area (Å²) >= 11 is 0. The van der Waals surface area contributed by atoms with Crippen molar-refractivity contribution in [1.29, 1.82) is 0 Å². The minimum atomic E-state index is -0.0326. The van der Waals surface area contributed by atoms with Crippen LogP contribution in [0.4, 0.5) is 5.95 Å². The lowest BCUT2D eigenvalue weighted by Crippen LogP contribution is -2.48. The Morgan fingerprint density at radius 2 is 1.76 bits per heavy atom. The second-order valence-corrected chi connectivity index (χ2v) is 7.69. The summed E-state index contributed by atoms with van der Waals surface area (Å²) in [6, 6.07) is 9.52. The summed E-state index contributed by atoms with van der Waals surface area (Å²) in [4.78, 5) is 17.7. The number of para-hydroxylation sites is 2. The molecule has 0 amide bonds. The van der Waals surface area contributed by atoms with Gasteiger partial charge in [-0.2, -0.15) is 0 Å². The van der Waals surface area contributed by atoms with Crippen molar-refractivity contribution in [3.05, 3.63) is 42.7 Å². The highest BCUT2D eigenvalue weighted by molar-refractivity contribution is 14.0. The van der Waals surface area contributed by atoms with Crippen molar-refractivity contribution >= 4 is 35.9 Å². The second kappa shape index (κ2) is 14.7. The van der Waals surface area contributed by atoms with Crippen LogP contribution in [0.15, 0.2) is 47.7 Å². The largest absolute Gasteiger partial charge is 0.493 e. The number of ether oxygens (including phenoxy) is 2. The summed E-state index contributed by atoms with van der Waals surface area (Å²) in [5.74, 6) is 3.09. The Hall–Kier alpha value is -2.34. The lowest BCUT2D eigenvalue weighted by atomic mass is 10.3. The van der Waals surface area contributed by atoms with E-state index < -0.39 is 0 Å². The van der Waals surface area contributed by atoms with Crippen molar-refractivity contribution < 1.29 is 9.47 Å². The van der Waals surface area contributed by atoms with Crippen LogP contribution in [0.3, 0.4) is 0 Å². The molecule has 2 aromatic rings. The summed E-state index contributed by atoms with van der Waals surface area (Å²) in [6.45, 7) is 8.57. The summed E-state index contributed by atoms with van der Waals surface area (Å²) in [7, 11) is 3.43. The van der Waals surface area contributed by atoms with Crippen molar-refractivity contribution in [3.8, 4) is 11.5 Å². The Morgan fingerprint density at radius 3 is 2.42 bits per heavy atom. The zero-order valence-corrected chi connectivity index (χ0v) is 22.1. The van der Waals surface area contributed by atoms with Crippen LogP contribution in [0, 0.1) is 0 Å². The minimum absolute atomic E-state index is 0. The Labute approximate surface area is 214 Å². The van der Waals surface area contributed by atoms with E-state index in [1.807, 2.05) is 37.3 Å². The number of nitrogens with one attached hydrogen (secondary N) is 2. The van der Waals surface area contributed by atoms with Gasteiger partial charge in [-0.3, -0.25) is 9.89 Å². The van der Waals surface area contributed by atoms with Crippen LogP contribution in [0.2, 0.25) is 0 Å². The summed E-state index contributed by atoms with van der Waals surface area (Å²) in [5, 5.41) is 6.72. The maximum Gasteiger partial charge on any atom is 0.225 e. The fourth-order valence-corrected chi connectivity index (χ4v) is 3.57. The fraction of sp³-hybridized carbons (Fsp3) is 0.522. The van der Waals surface area contributed by atoms with Gasteiger partial charge in [0.25, 0.3) is 0 Å². The Balaban J connectivity index is 0.00000385. The molecule has 1 atom stereocenters. The molecule has 1 fully saturated rings. The van der Waals surface area contributed by atoms with Crippen LogP contribution >= 0.6 is 24.0 Å². The number of piperazine rings is 1. The average molecular weight is 569 g/mol. The van der Waals surface area contributed by atoms with Crippen LogP contribution in [-0.4, -0.2) is 86.9 Å². The smallest absolute Gasteiger partial charge is 0.225 e. The number of guanidine groups is 1. The number of hydrogen-bond donors (Lipinski definition) is 2. The van der Waals surface area contributed by atoms with Gasteiger partial charge in [0.1, 0.15) is 6.10 Å². The molecule has 1 aromatic carbocycles. The molecular weight excluding hydrogens is 533 g/mol. The van der Waals surface area contributed by atoms with E-state index in [-0.39, 0.29) is 30.1 Å². The number of benzene rings is 1. The number of halogens is 1. The van der Waals surface area contributed by atoms with Crippen molar-refractivity contribution in [2.75, 3.05) is 64.9 Å². The first-order valence-electron chi connectivity index (χ1n) is 11.2. The molecule has 0 radical (unpaired) electrons. The topological polar surface area (TPSA) is 87.1 Å². The van der Waals surface area contributed by atoms with E-state index in [0.717, 1.165) is 69.1 Å². The summed E-state index contributed by atoms with van der Waals surface area (Å²) < 4.78 is 11.3. The molecule has 33 heavy (non-hydrogen) atoms. The molecule has 1 saturated heterocycles. The molecule has 0 aliphatic carbocycles. The van der Waals surface area contributed by atoms with Gasteiger partial charge in [0.2, 0.25) is 5.95 Å². The van der Waals surface area contributed by atoms with Crippen molar-refractivity contribution in [2.24, 2.45) is 4.99 Å². The van der Waals surface area contributed by atoms with Crippen LogP contribution in [0.1, 0.15) is 13.3 Å².